The average Bonchev–Trinajstić information content (AvgIpc) is 2.39. The zero-order chi connectivity index (χ0) is 13.8. The van der Waals surface area contributed by atoms with Gasteiger partial charge in [0.15, 0.2) is 23.1 Å². The predicted octanol–water partition coefficient (Wildman–Crippen LogP) is 3.40. The third kappa shape index (κ3) is 2.88. The van der Waals surface area contributed by atoms with Crippen molar-refractivity contribution in [2.24, 2.45) is 5.73 Å². The first-order chi connectivity index (χ1) is 9.13. The summed E-state index contributed by atoms with van der Waals surface area (Å²) in [6.07, 6.45) is 0.379. The molecule has 0 aromatic heterocycles. The van der Waals surface area contributed by atoms with E-state index in [0.717, 1.165) is 6.07 Å². The smallest absolute Gasteiger partial charge is 0.201 e. The predicted molar refractivity (Wildman–Crippen MR) is 65.6 cm³/mol. The summed E-state index contributed by atoms with van der Waals surface area (Å²) in [5, 5.41) is 0. The molecule has 0 bridgehead atoms. The highest BCUT2D eigenvalue weighted by atomic mass is 19.2. The summed E-state index contributed by atoms with van der Waals surface area (Å²) in [6.45, 7) is 0.297. The largest absolute Gasteiger partial charge is 0.451 e. The van der Waals surface area contributed by atoms with Gasteiger partial charge in [-0.3, -0.25) is 0 Å². The highest BCUT2D eigenvalue weighted by Gasteiger charge is 2.15. The van der Waals surface area contributed by atoms with Gasteiger partial charge in [-0.15, -0.1) is 0 Å². The van der Waals surface area contributed by atoms with Crippen molar-refractivity contribution >= 4 is 0 Å². The quantitative estimate of drug-likeness (QED) is 0.921. The first-order valence-corrected chi connectivity index (χ1v) is 5.73. The number of rotatable bonds is 4. The highest BCUT2D eigenvalue weighted by Crippen LogP contribution is 2.31. The maximum Gasteiger partial charge on any atom is 0.201 e. The Balaban J connectivity index is 2.40. The third-order valence-corrected chi connectivity index (χ3v) is 2.59. The van der Waals surface area contributed by atoms with E-state index in [1.807, 2.05) is 0 Å². The second kappa shape index (κ2) is 5.75. The molecule has 19 heavy (non-hydrogen) atoms. The molecule has 0 heterocycles. The molecule has 0 radical (unpaired) electrons. The van der Waals surface area contributed by atoms with Crippen LogP contribution in [0.15, 0.2) is 36.4 Å². The van der Waals surface area contributed by atoms with Gasteiger partial charge in [0, 0.05) is 0 Å². The van der Waals surface area contributed by atoms with Crippen LogP contribution in [-0.4, -0.2) is 6.54 Å². The van der Waals surface area contributed by atoms with Gasteiger partial charge in [0.1, 0.15) is 0 Å². The van der Waals surface area contributed by atoms with E-state index in [2.05, 4.69) is 0 Å². The van der Waals surface area contributed by atoms with Gasteiger partial charge in [-0.05, 0) is 36.7 Å². The summed E-state index contributed by atoms with van der Waals surface area (Å²) in [6, 6.07) is 7.81. The molecular formula is C14H12F3NO. The van der Waals surface area contributed by atoms with E-state index in [1.165, 1.54) is 24.3 Å². The summed E-state index contributed by atoms with van der Waals surface area (Å²) >= 11 is 0. The lowest BCUT2D eigenvalue weighted by atomic mass is 10.1. The summed E-state index contributed by atoms with van der Waals surface area (Å²) in [5.41, 5.74) is 5.92. The first-order valence-electron chi connectivity index (χ1n) is 5.73. The van der Waals surface area contributed by atoms with E-state index in [-0.39, 0.29) is 11.5 Å². The third-order valence-electron chi connectivity index (χ3n) is 2.59. The Morgan fingerprint density at radius 3 is 2.37 bits per heavy atom. The van der Waals surface area contributed by atoms with Gasteiger partial charge < -0.3 is 10.5 Å². The first kappa shape index (κ1) is 13.4. The minimum Gasteiger partial charge on any atom is -0.451 e. The lowest BCUT2D eigenvalue weighted by molar-refractivity contribution is 0.393. The SMILES string of the molecule is NCCc1cccc(F)c1Oc1cccc(F)c1F. The van der Waals surface area contributed by atoms with Crippen molar-refractivity contribution in [1.29, 1.82) is 0 Å². The van der Waals surface area contributed by atoms with Crippen LogP contribution in [0.25, 0.3) is 0 Å². The number of para-hydroxylation sites is 1. The standard InChI is InChI=1S/C14H12F3NO/c15-10-4-2-6-12(13(10)17)19-14-9(7-8-18)3-1-5-11(14)16/h1-6H,7-8,18H2. The minimum atomic E-state index is -1.15. The fourth-order valence-electron chi connectivity index (χ4n) is 1.69. The number of nitrogens with two attached hydrogens (primary N) is 1. The summed E-state index contributed by atoms with van der Waals surface area (Å²) in [5.74, 6) is -3.32. The van der Waals surface area contributed by atoms with E-state index < -0.39 is 17.5 Å². The molecule has 0 aliphatic carbocycles. The molecule has 2 aromatic carbocycles. The molecule has 0 unspecified atom stereocenters. The normalized spacial score (nSPS) is 10.5. The molecule has 2 N–H and O–H groups in total. The van der Waals surface area contributed by atoms with Crippen LogP contribution in [0.5, 0.6) is 11.5 Å². The molecule has 0 atom stereocenters. The zero-order valence-corrected chi connectivity index (χ0v) is 10.00. The van der Waals surface area contributed by atoms with E-state index in [1.54, 1.807) is 6.07 Å². The Labute approximate surface area is 108 Å². The molecule has 0 fully saturated rings. The number of hydrogen-bond donors (Lipinski definition) is 1. The number of ether oxygens (including phenoxy) is 1. The minimum absolute atomic E-state index is 0.127. The monoisotopic (exact) mass is 267 g/mol. The Kier molecular flexibility index (Phi) is 4.06. The van der Waals surface area contributed by atoms with Crippen molar-refractivity contribution < 1.29 is 17.9 Å². The van der Waals surface area contributed by atoms with E-state index in [9.17, 15) is 13.2 Å². The molecule has 2 rings (SSSR count). The fourth-order valence-corrected chi connectivity index (χ4v) is 1.69. The molecular weight excluding hydrogens is 255 g/mol. The number of hydrogen-bond acceptors (Lipinski definition) is 2. The van der Waals surface area contributed by atoms with Gasteiger partial charge in [-0.2, -0.15) is 4.39 Å². The molecule has 0 spiro atoms. The second-order valence-electron chi connectivity index (χ2n) is 3.92. The Bertz CT molecular complexity index is 587. The van der Waals surface area contributed by atoms with E-state index in [0.29, 0.717) is 18.5 Å². The summed E-state index contributed by atoms with van der Waals surface area (Å²) in [7, 11) is 0. The molecule has 2 aromatic rings. The average molecular weight is 267 g/mol. The van der Waals surface area contributed by atoms with E-state index >= 15 is 0 Å². The maximum absolute atomic E-state index is 13.7. The van der Waals surface area contributed by atoms with Gasteiger partial charge in [-0.1, -0.05) is 18.2 Å². The molecule has 0 saturated carbocycles. The van der Waals surface area contributed by atoms with Crippen LogP contribution >= 0.6 is 0 Å². The van der Waals surface area contributed by atoms with Gasteiger partial charge in [0.05, 0.1) is 0 Å². The molecule has 0 aliphatic rings. The highest BCUT2D eigenvalue weighted by molar-refractivity contribution is 5.39. The Morgan fingerprint density at radius 2 is 1.63 bits per heavy atom. The van der Waals surface area contributed by atoms with Gasteiger partial charge in [0.25, 0.3) is 0 Å². The topological polar surface area (TPSA) is 35.2 Å². The Hall–Kier alpha value is -2.01. The number of halogens is 3. The molecule has 2 nitrogen and oxygen atoms in total. The fraction of sp³-hybridized carbons (Fsp3) is 0.143. The van der Waals surface area contributed by atoms with Crippen molar-refractivity contribution in [2.45, 2.75) is 6.42 Å². The van der Waals surface area contributed by atoms with Crippen LogP contribution in [-0.2, 0) is 6.42 Å². The maximum atomic E-state index is 13.7. The molecule has 0 saturated heterocycles. The van der Waals surface area contributed by atoms with Gasteiger partial charge in [-0.25, -0.2) is 8.78 Å². The Morgan fingerprint density at radius 1 is 0.947 bits per heavy atom. The van der Waals surface area contributed by atoms with Crippen LogP contribution in [0, 0.1) is 17.5 Å². The van der Waals surface area contributed by atoms with Crippen LogP contribution in [0.3, 0.4) is 0 Å². The summed E-state index contributed by atoms with van der Waals surface area (Å²) < 4.78 is 45.4. The van der Waals surface area contributed by atoms with Gasteiger partial charge >= 0.3 is 0 Å². The van der Waals surface area contributed by atoms with Crippen molar-refractivity contribution in [2.75, 3.05) is 6.54 Å². The zero-order valence-electron chi connectivity index (χ0n) is 10.00. The summed E-state index contributed by atoms with van der Waals surface area (Å²) in [4.78, 5) is 0. The molecule has 100 valence electrons. The molecule has 0 amide bonds. The van der Waals surface area contributed by atoms with Crippen molar-refractivity contribution in [3.05, 3.63) is 59.4 Å². The molecule has 0 aliphatic heterocycles. The van der Waals surface area contributed by atoms with Crippen LogP contribution in [0.2, 0.25) is 0 Å². The second-order valence-corrected chi connectivity index (χ2v) is 3.92. The van der Waals surface area contributed by atoms with Crippen LogP contribution in [0.1, 0.15) is 5.56 Å². The van der Waals surface area contributed by atoms with Crippen molar-refractivity contribution in [1.82, 2.24) is 0 Å². The van der Waals surface area contributed by atoms with E-state index in [4.69, 9.17) is 10.5 Å². The number of benzene rings is 2. The van der Waals surface area contributed by atoms with Crippen molar-refractivity contribution in [3.63, 3.8) is 0 Å². The van der Waals surface area contributed by atoms with Crippen molar-refractivity contribution in [3.8, 4) is 11.5 Å². The lowest BCUT2D eigenvalue weighted by Crippen LogP contribution is -2.05. The van der Waals surface area contributed by atoms with Crippen LogP contribution in [0.4, 0.5) is 13.2 Å². The van der Waals surface area contributed by atoms with Gasteiger partial charge in [0.2, 0.25) is 5.82 Å². The lowest BCUT2D eigenvalue weighted by Gasteiger charge is -2.12. The molecule has 5 heteroatoms. The van der Waals surface area contributed by atoms with Crippen LogP contribution < -0.4 is 10.5 Å².